The standard InChI is InChI=1S/C12H14N6S/c1-18(2)12(16-9-6-4-3-5-7-9)19-11-15-8-14-10(13)17-11/h3-8H,1-2H3,(H2,13,14,15,17). The Morgan fingerprint density at radius 3 is 2.58 bits per heavy atom. The topological polar surface area (TPSA) is 80.3 Å². The summed E-state index contributed by atoms with van der Waals surface area (Å²) >= 11 is 1.34. The molecule has 2 N–H and O–H groups in total. The molecule has 2 aromatic rings. The second kappa shape index (κ2) is 6.14. The molecule has 0 atom stereocenters. The molecule has 0 radical (unpaired) electrons. The summed E-state index contributed by atoms with van der Waals surface area (Å²) in [6.45, 7) is 0. The highest BCUT2D eigenvalue weighted by molar-refractivity contribution is 8.13. The lowest BCUT2D eigenvalue weighted by molar-refractivity contribution is 0.636. The first kappa shape index (κ1) is 13.3. The molecule has 0 spiro atoms. The Bertz CT molecular complexity index is 569. The van der Waals surface area contributed by atoms with Crippen LogP contribution in [0.15, 0.2) is 46.8 Å². The van der Waals surface area contributed by atoms with Gasteiger partial charge in [0, 0.05) is 14.1 Å². The zero-order chi connectivity index (χ0) is 13.7. The Labute approximate surface area is 115 Å². The number of rotatable bonds is 2. The van der Waals surface area contributed by atoms with Crippen molar-refractivity contribution in [3.05, 3.63) is 36.7 Å². The summed E-state index contributed by atoms with van der Waals surface area (Å²) in [5, 5.41) is 1.30. The number of thioether (sulfide) groups is 1. The minimum atomic E-state index is 0.204. The van der Waals surface area contributed by atoms with Crippen LogP contribution in [0.1, 0.15) is 0 Å². The molecule has 0 amide bonds. The lowest BCUT2D eigenvalue weighted by Crippen LogP contribution is -2.18. The number of hydrogen-bond donors (Lipinski definition) is 1. The zero-order valence-corrected chi connectivity index (χ0v) is 11.5. The maximum absolute atomic E-state index is 5.53. The van der Waals surface area contributed by atoms with Crippen molar-refractivity contribution in [3.8, 4) is 0 Å². The first-order valence-corrected chi connectivity index (χ1v) is 6.40. The fourth-order valence-corrected chi connectivity index (χ4v) is 1.99. The maximum Gasteiger partial charge on any atom is 0.223 e. The highest BCUT2D eigenvalue weighted by atomic mass is 32.2. The highest BCUT2D eigenvalue weighted by Crippen LogP contribution is 2.20. The summed E-state index contributed by atoms with van der Waals surface area (Å²) in [5.41, 5.74) is 6.41. The number of amidine groups is 1. The van der Waals surface area contributed by atoms with Gasteiger partial charge in [-0.2, -0.15) is 4.98 Å². The quantitative estimate of drug-likeness (QED) is 0.511. The summed E-state index contributed by atoms with van der Waals surface area (Å²) < 4.78 is 0. The molecule has 6 nitrogen and oxygen atoms in total. The van der Waals surface area contributed by atoms with Gasteiger partial charge < -0.3 is 10.6 Å². The summed E-state index contributed by atoms with van der Waals surface area (Å²) in [4.78, 5) is 18.3. The Balaban J connectivity index is 2.24. The first-order chi connectivity index (χ1) is 9.15. The molecule has 1 aromatic heterocycles. The predicted molar refractivity (Wildman–Crippen MR) is 77.3 cm³/mol. The van der Waals surface area contributed by atoms with E-state index >= 15 is 0 Å². The number of aliphatic imine (C=N–C) groups is 1. The average molecular weight is 274 g/mol. The van der Waals surface area contributed by atoms with Gasteiger partial charge in [-0.05, 0) is 23.9 Å². The van der Waals surface area contributed by atoms with Gasteiger partial charge in [0.1, 0.15) is 6.33 Å². The minimum Gasteiger partial charge on any atom is -0.368 e. The van der Waals surface area contributed by atoms with Crippen molar-refractivity contribution in [3.63, 3.8) is 0 Å². The molecule has 0 bridgehead atoms. The van der Waals surface area contributed by atoms with Gasteiger partial charge in [0.25, 0.3) is 0 Å². The molecular formula is C12H14N6S. The van der Waals surface area contributed by atoms with E-state index in [1.165, 1.54) is 18.1 Å². The van der Waals surface area contributed by atoms with Crippen LogP contribution in [0, 0.1) is 0 Å². The van der Waals surface area contributed by atoms with E-state index in [2.05, 4.69) is 19.9 Å². The Morgan fingerprint density at radius 2 is 1.95 bits per heavy atom. The van der Waals surface area contributed by atoms with Crippen LogP contribution in [0.3, 0.4) is 0 Å². The molecule has 7 heteroatoms. The summed E-state index contributed by atoms with van der Waals surface area (Å²) in [5.74, 6) is 0.204. The second-order valence-electron chi connectivity index (χ2n) is 3.85. The highest BCUT2D eigenvalue weighted by Gasteiger charge is 2.08. The van der Waals surface area contributed by atoms with Crippen molar-refractivity contribution in [2.75, 3.05) is 19.8 Å². The second-order valence-corrected chi connectivity index (χ2v) is 4.79. The predicted octanol–water partition coefficient (Wildman–Crippen LogP) is 1.80. The van der Waals surface area contributed by atoms with Gasteiger partial charge in [0.15, 0.2) is 10.3 Å². The van der Waals surface area contributed by atoms with Crippen LogP contribution in [-0.2, 0) is 0 Å². The lowest BCUT2D eigenvalue weighted by atomic mass is 10.3. The molecule has 2 rings (SSSR count). The van der Waals surface area contributed by atoms with Crippen LogP contribution in [-0.4, -0.2) is 39.1 Å². The van der Waals surface area contributed by atoms with Crippen molar-refractivity contribution in [1.82, 2.24) is 19.9 Å². The normalized spacial score (nSPS) is 11.4. The van der Waals surface area contributed by atoms with Crippen molar-refractivity contribution < 1.29 is 0 Å². The van der Waals surface area contributed by atoms with Gasteiger partial charge in [0.2, 0.25) is 5.95 Å². The molecule has 1 aromatic carbocycles. The number of nitrogens with zero attached hydrogens (tertiary/aromatic N) is 5. The number of benzene rings is 1. The van der Waals surface area contributed by atoms with E-state index in [9.17, 15) is 0 Å². The number of anilines is 1. The van der Waals surface area contributed by atoms with Gasteiger partial charge in [-0.15, -0.1) is 0 Å². The third-order valence-electron chi connectivity index (χ3n) is 2.11. The molecule has 0 unspecified atom stereocenters. The largest absolute Gasteiger partial charge is 0.368 e. The molecule has 0 saturated heterocycles. The van der Waals surface area contributed by atoms with Crippen LogP contribution in [0.2, 0.25) is 0 Å². The number of para-hydroxylation sites is 1. The van der Waals surface area contributed by atoms with Crippen LogP contribution in [0.25, 0.3) is 0 Å². The number of nitrogen functional groups attached to an aromatic ring is 1. The van der Waals surface area contributed by atoms with E-state index < -0.39 is 0 Å². The van der Waals surface area contributed by atoms with E-state index in [0.29, 0.717) is 5.16 Å². The Morgan fingerprint density at radius 1 is 1.21 bits per heavy atom. The Hall–Kier alpha value is -2.15. The van der Waals surface area contributed by atoms with E-state index in [1.54, 1.807) is 0 Å². The molecule has 1 heterocycles. The molecular weight excluding hydrogens is 260 g/mol. The fourth-order valence-electron chi connectivity index (χ4n) is 1.25. The van der Waals surface area contributed by atoms with E-state index in [-0.39, 0.29) is 5.95 Å². The SMILES string of the molecule is CN(C)C(=Nc1ccccc1)Sc1ncnc(N)n1. The van der Waals surface area contributed by atoms with E-state index in [1.807, 2.05) is 49.3 Å². The zero-order valence-electron chi connectivity index (χ0n) is 10.7. The molecule has 0 aliphatic heterocycles. The van der Waals surface area contributed by atoms with Gasteiger partial charge >= 0.3 is 0 Å². The maximum atomic E-state index is 5.53. The van der Waals surface area contributed by atoms with Crippen LogP contribution < -0.4 is 5.73 Å². The van der Waals surface area contributed by atoms with E-state index in [4.69, 9.17) is 5.73 Å². The molecule has 0 aliphatic carbocycles. The van der Waals surface area contributed by atoms with Gasteiger partial charge in [0.05, 0.1) is 5.69 Å². The minimum absolute atomic E-state index is 0.204. The fraction of sp³-hybridized carbons (Fsp3) is 0.167. The van der Waals surface area contributed by atoms with Gasteiger partial charge in [-0.1, -0.05) is 18.2 Å². The Kier molecular flexibility index (Phi) is 4.30. The molecule has 98 valence electrons. The lowest BCUT2D eigenvalue weighted by Gasteiger charge is -2.14. The van der Waals surface area contributed by atoms with Crippen molar-refractivity contribution in [1.29, 1.82) is 0 Å². The van der Waals surface area contributed by atoms with Crippen LogP contribution in [0.4, 0.5) is 11.6 Å². The van der Waals surface area contributed by atoms with Gasteiger partial charge in [-0.3, -0.25) is 0 Å². The molecule has 0 fully saturated rings. The third-order valence-corrected chi connectivity index (χ3v) is 3.13. The summed E-state index contributed by atoms with van der Waals surface area (Å²) in [6, 6.07) is 9.71. The van der Waals surface area contributed by atoms with Crippen LogP contribution in [0.5, 0.6) is 0 Å². The molecule has 19 heavy (non-hydrogen) atoms. The first-order valence-electron chi connectivity index (χ1n) is 5.58. The van der Waals surface area contributed by atoms with Crippen molar-refractivity contribution >= 4 is 28.6 Å². The third kappa shape index (κ3) is 3.92. The van der Waals surface area contributed by atoms with Gasteiger partial charge in [-0.25, -0.2) is 15.0 Å². The summed E-state index contributed by atoms with van der Waals surface area (Å²) in [7, 11) is 3.83. The van der Waals surface area contributed by atoms with Crippen molar-refractivity contribution in [2.24, 2.45) is 4.99 Å². The number of hydrogen-bond acceptors (Lipinski definition) is 6. The molecule has 0 aliphatic rings. The smallest absolute Gasteiger partial charge is 0.223 e. The van der Waals surface area contributed by atoms with Crippen LogP contribution >= 0.6 is 11.8 Å². The monoisotopic (exact) mass is 274 g/mol. The summed E-state index contributed by atoms with van der Waals surface area (Å²) in [6.07, 6.45) is 1.39. The van der Waals surface area contributed by atoms with Crippen molar-refractivity contribution in [2.45, 2.75) is 5.16 Å². The number of aromatic nitrogens is 3. The molecule has 0 saturated carbocycles. The average Bonchev–Trinajstić information content (AvgIpc) is 2.39. The van der Waals surface area contributed by atoms with E-state index in [0.717, 1.165) is 10.9 Å². The number of nitrogens with two attached hydrogens (primary N) is 1.